The number of anilines is 2. The maximum Gasteiger partial charge on any atom is 0.264 e. The zero-order chi connectivity index (χ0) is 29.6. The summed E-state index contributed by atoms with van der Waals surface area (Å²) in [4.78, 5) is 15.1. The van der Waals surface area contributed by atoms with Crippen LogP contribution in [0.4, 0.5) is 11.4 Å². The molecule has 0 radical (unpaired) electrons. The molecule has 42 heavy (non-hydrogen) atoms. The van der Waals surface area contributed by atoms with Crippen molar-refractivity contribution in [3.63, 3.8) is 0 Å². The molecule has 0 saturated heterocycles. The highest BCUT2D eigenvalue weighted by Gasteiger charge is 2.65. The van der Waals surface area contributed by atoms with Crippen LogP contribution >= 0.6 is 0 Å². The Hall–Kier alpha value is -4.69. The molecule has 4 aromatic rings. The van der Waals surface area contributed by atoms with Gasteiger partial charge in [0.25, 0.3) is 15.9 Å². The van der Waals surface area contributed by atoms with Crippen LogP contribution in [0.3, 0.4) is 0 Å². The van der Waals surface area contributed by atoms with Crippen LogP contribution in [-0.2, 0) is 14.8 Å². The summed E-state index contributed by atoms with van der Waals surface area (Å²) in [5.41, 5.74) is 2.32. The number of amides is 1. The Balaban J connectivity index is 1.71. The average Bonchev–Trinajstić information content (AvgIpc) is 3.27. The van der Waals surface area contributed by atoms with Crippen LogP contribution < -0.4 is 14.1 Å². The van der Waals surface area contributed by atoms with E-state index in [1.165, 1.54) is 9.31 Å². The molecular formula is C34H31N3O4S. The van der Waals surface area contributed by atoms with E-state index in [0.29, 0.717) is 34.0 Å². The summed E-state index contributed by atoms with van der Waals surface area (Å²) >= 11 is 0. The number of carbonyl (C=O) groups excluding carboxylic acids is 1. The summed E-state index contributed by atoms with van der Waals surface area (Å²) in [6, 6.07) is 29.6. The predicted molar refractivity (Wildman–Crippen MR) is 165 cm³/mol. The van der Waals surface area contributed by atoms with Gasteiger partial charge in [0.2, 0.25) is 0 Å². The first-order valence-electron chi connectivity index (χ1n) is 13.7. The first kappa shape index (κ1) is 27.5. The van der Waals surface area contributed by atoms with Gasteiger partial charge in [-0.15, -0.1) is 6.58 Å². The first-order valence-corrected chi connectivity index (χ1v) is 15.1. The molecule has 0 N–H and O–H groups in total. The predicted octanol–water partition coefficient (Wildman–Crippen LogP) is 6.63. The third-order valence-corrected chi connectivity index (χ3v) is 10.1. The molecule has 8 heteroatoms. The molecular weight excluding hydrogens is 546 g/mol. The van der Waals surface area contributed by atoms with Gasteiger partial charge in [-0.05, 0) is 67.4 Å². The lowest BCUT2D eigenvalue weighted by Crippen LogP contribution is -2.57. The average molecular weight is 578 g/mol. The number of benzene rings is 4. The molecule has 3 atom stereocenters. The number of allylic oxidation sites excluding steroid dienone is 1. The zero-order valence-corrected chi connectivity index (χ0v) is 24.5. The molecule has 2 aliphatic heterocycles. The van der Waals surface area contributed by atoms with Gasteiger partial charge in [-0.2, -0.15) is 10.1 Å². The van der Waals surface area contributed by atoms with Gasteiger partial charge >= 0.3 is 0 Å². The summed E-state index contributed by atoms with van der Waals surface area (Å²) in [6.07, 6.45) is 1.73. The van der Waals surface area contributed by atoms with Crippen molar-refractivity contribution in [2.24, 2.45) is 10.5 Å². The number of nitrogens with zero attached hydrogens (tertiary/aromatic N) is 3. The number of para-hydroxylation sites is 1. The molecule has 4 aromatic carbocycles. The van der Waals surface area contributed by atoms with Gasteiger partial charge in [-0.3, -0.25) is 9.10 Å². The van der Waals surface area contributed by atoms with Gasteiger partial charge < -0.3 is 4.74 Å². The molecule has 0 saturated carbocycles. The van der Waals surface area contributed by atoms with Crippen LogP contribution in [0.5, 0.6) is 5.75 Å². The highest BCUT2D eigenvalue weighted by molar-refractivity contribution is 7.92. The largest absolute Gasteiger partial charge is 0.497 e. The molecule has 0 aliphatic carbocycles. The fourth-order valence-corrected chi connectivity index (χ4v) is 8.01. The van der Waals surface area contributed by atoms with Crippen molar-refractivity contribution in [2.45, 2.75) is 30.7 Å². The van der Waals surface area contributed by atoms with Crippen molar-refractivity contribution in [2.75, 3.05) is 16.4 Å². The van der Waals surface area contributed by atoms with E-state index >= 15 is 0 Å². The van der Waals surface area contributed by atoms with Crippen LogP contribution in [-0.4, -0.2) is 27.1 Å². The van der Waals surface area contributed by atoms with Gasteiger partial charge in [-0.25, -0.2) is 8.42 Å². The van der Waals surface area contributed by atoms with Crippen molar-refractivity contribution in [1.29, 1.82) is 0 Å². The maximum atomic E-state index is 15.0. The third-order valence-electron chi connectivity index (χ3n) is 8.29. The molecule has 2 aliphatic rings. The normalized spacial score (nSPS) is 21.7. The van der Waals surface area contributed by atoms with Crippen molar-refractivity contribution in [3.05, 3.63) is 132 Å². The number of methoxy groups -OCH3 is 1. The number of hydrogen-bond donors (Lipinski definition) is 0. The Kier molecular flexibility index (Phi) is 6.74. The van der Waals surface area contributed by atoms with E-state index in [0.717, 1.165) is 5.56 Å². The van der Waals surface area contributed by atoms with Gasteiger partial charge in [0, 0.05) is 5.92 Å². The van der Waals surface area contributed by atoms with E-state index in [1.807, 2.05) is 67.6 Å². The topological polar surface area (TPSA) is 79.3 Å². The van der Waals surface area contributed by atoms with Crippen LogP contribution in [0.25, 0.3) is 0 Å². The number of fused-ring (bicyclic) bond motifs is 1. The second kappa shape index (κ2) is 10.3. The van der Waals surface area contributed by atoms with E-state index in [-0.39, 0.29) is 10.8 Å². The number of ether oxygens (including phenoxy) is 1. The Labute approximate surface area is 246 Å². The van der Waals surface area contributed by atoms with Crippen LogP contribution in [0.1, 0.15) is 35.6 Å². The molecule has 0 aromatic heterocycles. The summed E-state index contributed by atoms with van der Waals surface area (Å²) in [6.45, 7) is 7.88. The maximum absolute atomic E-state index is 15.0. The Morgan fingerprint density at radius 2 is 1.55 bits per heavy atom. The zero-order valence-electron chi connectivity index (χ0n) is 23.6. The van der Waals surface area contributed by atoms with Crippen molar-refractivity contribution in [3.8, 4) is 5.75 Å². The monoisotopic (exact) mass is 577 g/mol. The lowest BCUT2D eigenvalue weighted by atomic mass is 9.60. The molecule has 212 valence electrons. The van der Waals surface area contributed by atoms with E-state index in [1.54, 1.807) is 62.6 Å². The minimum absolute atomic E-state index is 0.128. The Morgan fingerprint density at radius 3 is 2.17 bits per heavy atom. The highest BCUT2D eigenvalue weighted by Crippen LogP contribution is 2.61. The molecule has 1 spiro atoms. The number of hydrogen-bond acceptors (Lipinski definition) is 5. The molecule has 6 rings (SSSR count). The number of aryl methyl sites for hydroxylation is 1. The highest BCUT2D eigenvalue weighted by atomic mass is 32.2. The number of carbonyl (C=O) groups is 1. The van der Waals surface area contributed by atoms with Crippen molar-refractivity contribution < 1.29 is 17.9 Å². The Bertz CT molecular complexity index is 1810. The van der Waals surface area contributed by atoms with Crippen molar-refractivity contribution >= 4 is 33.0 Å². The summed E-state index contributed by atoms with van der Waals surface area (Å²) < 4.78 is 36.6. The van der Waals surface area contributed by atoms with Crippen LogP contribution in [0.2, 0.25) is 0 Å². The van der Waals surface area contributed by atoms with Gasteiger partial charge in [-0.1, -0.05) is 72.3 Å². The summed E-state index contributed by atoms with van der Waals surface area (Å²) in [5, 5.41) is 6.20. The first-order chi connectivity index (χ1) is 20.2. The Morgan fingerprint density at radius 1 is 0.905 bits per heavy atom. The van der Waals surface area contributed by atoms with Crippen LogP contribution in [0, 0.1) is 12.3 Å². The van der Waals surface area contributed by atoms with E-state index in [4.69, 9.17) is 9.84 Å². The molecule has 0 fully saturated rings. The quantitative estimate of drug-likeness (QED) is 0.241. The van der Waals surface area contributed by atoms with Crippen LogP contribution in [0.15, 0.2) is 126 Å². The van der Waals surface area contributed by atoms with E-state index in [9.17, 15) is 13.2 Å². The lowest BCUT2D eigenvalue weighted by molar-refractivity contribution is -0.125. The number of sulfonamides is 1. The number of rotatable bonds is 6. The number of hydrazone groups is 1. The van der Waals surface area contributed by atoms with Gasteiger partial charge in [0.05, 0.1) is 35.1 Å². The fraction of sp³-hybridized carbons (Fsp3) is 0.176. The van der Waals surface area contributed by atoms with Gasteiger partial charge in [0.15, 0.2) is 0 Å². The molecule has 0 bridgehead atoms. The second-order valence-electron chi connectivity index (χ2n) is 10.6. The standard InChI is InChI=1S/C34H31N3O4S/c1-5-30-29-22-27(41-4)18-21-31(29)37(42(39,40)28-19-16-23(2)17-20-28)32(25-12-8-6-9-13-25)34(30)24(3)35-36(33(34)38)26-14-10-7-11-15-26/h5-22,30,32H,1H2,2-4H3/t30-,32-,34-/m1/s1. The minimum Gasteiger partial charge on any atom is -0.497 e. The van der Waals surface area contributed by atoms with E-state index < -0.39 is 27.4 Å². The smallest absolute Gasteiger partial charge is 0.264 e. The third kappa shape index (κ3) is 3.97. The SMILES string of the molecule is C=C[C@@H]1c2cc(OC)ccc2N(S(=O)(=O)c2ccc(C)cc2)[C@H](c2ccccc2)[C@]12C(=O)N(c1ccccc1)N=C2C. The minimum atomic E-state index is -4.20. The molecule has 0 unspecified atom stereocenters. The van der Waals surface area contributed by atoms with Gasteiger partial charge in [0.1, 0.15) is 11.2 Å². The van der Waals surface area contributed by atoms with E-state index in [2.05, 4.69) is 6.58 Å². The van der Waals surface area contributed by atoms with Crippen molar-refractivity contribution in [1.82, 2.24) is 0 Å². The molecule has 7 nitrogen and oxygen atoms in total. The fourth-order valence-electron chi connectivity index (χ4n) is 6.31. The summed E-state index contributed by atoms with van der Waals surface area (Å²) in [5.74, 6) is -0.411. The second-order valence-corrected chi connectivity index (χ2v) is 12.4. The molecule has 1 amide bonds. The summed E-state index contributed by atoms with van der Waals surface area (Å²) in [7, 11) is -2.64. The molecule has 2 heterocycles. The lowest BCUT2D eigenvalue weighted by Gasteiger charge is -2.51.